The lowest BCUT2D eigenvalue weighted by molar-refractivity contribution is -0.133. The molecule has 4 heteroatoms. The molecule has 2 aliphatic heterocycles. The SMILES string of the molecule is O=C(CC1CC1)N1CCN(C2CNC2)CC1. The van der Waals surface area contributed by atoms with Crippen molar-refractivity contribution in [3.8, 4) is 0 Å². The molecule has 3 aliphatic rings. The zero-order chi connectivity index (χ0) is 11.0. The van der Waals surface area contributed by atoms with E-state index in [2.05, 4.69) is 15.1 Å². The fraction of sp³-hybridized carbons (Fsp3) is 0.917. The first kappa shape index (κ1) is 10.5. The van der Waals surface area contributed by atoms with Crippen molar-refractivity contribution in [1.29, 1.82) is 0 Å². The van der Waals surface area contributed by atoms with Crippen LogP contribution in [0.25, 0.3) is 0 Å². The fourth-order valence-electron chi connectivity index (χ4n) is 2.57. The summed E-state index contributed by atoms with van der Waals surface area (Å²) in [5, 5.41) is 3.30. The van der Waals surface area contributed by atoms with Gasteiger partial charge >= 0.3 is 0 Å². The summed E-state index contributed by atoms with van der Waals surface area (Å²) in [6, 6.07) is 0.737. The van der Waals surface area contributed by atoms with Crippen molar-refractivity contribution in [1.82, 2.24) is 15.1 Å². The van der Waals surface area contributed by atoms with Gasteiger partial charge in [-0.2, -0.15) is 0 Å². The van der Waals surface area contributed by atoms with Crippen molar-refractivity contribution in [2.24, 2.45) is 5.92 Å². The minimum absolute atomic E-state index is 0.397. The highest BCUT2D eigenvalue weighted by Gasteiger charge is 2.31. The van der Waals surface area contributed by atoms with Gasteiger partial charge in [0.2, 0.25) is 5.91 Å². The number of piperazine rings is 1. The topological polar surface area (TPSA) is 35.6 Å². The number of hydrogen-bond acceptors (Lipinski definition) is 3. The first-order valence-corrected chi connectivity index (χ1v) is 6.55. The second kappa shape index (κ2) is 4.34. The first-order valence-electron chi connectivity index (χ1n) is 6.55. The maximum Gasteiger partial charge on any atom is 0.222 e. The summed E-state index contributed by atoms with van der Waals surface area (Å²) >= 11 is 0. The molecule has 0 radical (unpaired) electrons. The Labute approximate surface area is 97.0 Å². The van der Waals surface area contributed by atoms with Gasteiger partial charge in [-0.3, -0.25) is 9.69 Å². The van der Waals surface area contributed by atoms with E-state index in [1.165, 1.54) is 12.8 Å². The molecule has 0 spiro atoms. The van der Waals surface area contributed by atoms with Gasteiger partial charge in [0, 0.05) is 51.7 Å². The van der Waals surface area contributed by atoms with E-state index in [4.69, 9.17) is 0 Å². The van der Waals surface area contributed by atoms with E-state index in [0.717, 1.165) is 57.6 Å². The third-order valence-electron chi connectivity index (χ3n) is 4.10. The molecule has 1 saturated carbocycles. The summed E-state index contributed by atoms with van der Waals surface area (Å²) in [4.78, 5) is 16.5. The van der Waals surface area contributed by atoms with Crippen LogP contribution in [0, 0.1) is 5.92 Å². The molecule has 3 rings (SSSR count). The number of nitrogens with zero attached hydrogens (tertiary/aromatic N) is 2. The van der Waals surface area contributed by atoms with Gasteiger partial charge in [-0.1, -0.05) is 0 Å². The minimum atomic E-state index is 0.397. The molecular weight excluding hydrogens is 202 g/mol. The van der Waals surface area contributed by atoms with Gasteiger partial charge in [0.25, 0.3) is 0 Å². The highest BCUT2D eigenvalue weighted by molar-refractivity contribution is 5.76. The van der Waals surface area contributed by atoms with E-state index >= 15 is 0 Å². The van der Waals surface area contributed by atoms with Crippen molar-refractivity contribution in [2.45, 2.75) is 25.3 Å². The maximum atomic E-state index is 11.9. The molecule has 0 bridgehead atoms. The third kappa shape index (κ3) is 2.23. The standard InChI is InChI=1S/C12H21N3O/c16-12(7-10-1-2-10)15-5-3-14(4-6-15)11-8-13-9-11/h10-11,13H,1-9H2. The van der Waals surface area contributed by atoms with Crippen LogP contribution in [0.5, 0.6) is 0 Å². The number of carbonyl (C=O) groups excluding carboxylic acids is 1. The van der Waals surface area contributed by atoms with Crippen LogP contribution in [0.3, 0.4) is 0 Å². The van der Waals surface area contributed by atoms with Crippen molar-refractivity contribution < 1.29 is 4.79 Å². The molecule has 3 fully saturated rings. The quantitative estimate of drug-likeness (QED) is 0.726. The van der Waals surface area contributed by atoms with Crippen molar-refractivity contribution in [3.63, 3.8) is 0 Å². The largest absolute Gasteiger partial charge is 0.340 e. The maximum absolute atomic E-state index is 11.9. The Balaban J connectivity index is 1.43. The molecule has 0 aromatic heterocycles. The fourth-order valence-corrected chi connectivity index (χ4v) is 2.57. The van der Waals surface area contributed by atoms with Gasteiger partial charge in [-0.25, -0.2) is 0 Å². The molecule has 1 N–H and O–H groups in total. The van der Waals surface area contributed by atoms with Crippen LogP contribution >= 0.6 is 0 Å². The Hall–Kier alpha value is -0.610. The summed E-state index contributed by atoms with van der Waals surface area (Å²) in [6.45, 7) is 6.31. The van der Waals surface area contributed by atoms with Crippen molar-refractivity contribution in [2.75, 3.05) is 39.3 Å². The van der Waals surface area contributed by atoms with E-state index in [1.807, 2.05) is 0 Å². The lowest BCUT2D eigenvalue weighted by Crippen LogP contribution is -2.62. The molecule has 0 unspecified atom stereocenters. The average molecular weight is 223 g/mol. The molecule has 1 aliphatic carbocycles. The van der Waals surface area contributed by atoms with Gasteiger partial charge in [0.05, 0.1) is 0 Å². The molecular formula is C12H21N3O. The molecule has 0 aromatic carbocycles. The monoisotopic (exact) mass is 223 g/mol. The highest BCUT2D eigenvalue weighted by Crippen LogP contribution is 2.33. The van der Waals surface area contributed by atoms with E-state index in [1.54, 1.807) is 0 Å². The molecule has 2 saturated heterocycles. The molecule has 4 nitrogen and oxygen atoms in total. The number of rotatable bonds is 3. The number of hydrogen-bond donors (Lipinski definition) is 1. The van der Waals surface area contributed by atoms with Crippen LogP contribution in [0.1, 0.15) is 19.3 Å². The molecule has 2 heterocycles. The Morgan fingerprint density at radius 3 is 2.31 bits per heavy atom. The summed E-state index contributed by atoms with van der Waals surface area (Å²) in [5.74, 6) is 1.12. The highest BCUT2D eigenvalue weighted by atomic mass is 16.2. The minimum Gasteiger partial charge on any atom is -0.340 e. The van der Waals surface area contributed by atoms with Crippen molar-refractivity contribution >= 4 is 5.91 Å². The lowest BCUT2D eigenvalue weighted by atomic mass is 10.1. The summed E-state index contributed by atoms with van der Waals surface area (Å²) < 4.78 is 0. The van der Waals surface area contributed by atoms with E-state index in [0.29, 0.717) is 5.91 Å². The van der Waals surface area contributed by atoms with Gasteiger partial charge in [0.1, 0.15) is 0 Å². The average Bonchev–Trinajstić information content (AvgIpc) is 3.00. The van der Waals surface area contributed by atoms with Crippen LogP contribution in [-0.2, 0) is 4.79 Å². The van der Waals surface area contributed by atoms with Gasteiger partial charge in [-0.15, -0.1) is 0 Å². The summed E-state index contributed by atoms with van der Waals surface area (Å²) in [7, 11) is 0. The number of nitrogens with one attached hydrogen (secondary N) is 1. The second-order valence-electron chi connectivity index (χ2n) is 5.38. The van der Waals surface area contributed by atoms with Gasteiger partial charge in [-0.05, 0) is 18.8 Å². The zero-order valence-corrected chi connectivity index (χ0v) is 9.82. The van der Waals surface area contributed by atoms with E-state index in [9.17, 15) is 4.79 Å². The van der Waals surface area contributed by atoms with Gasteiger partial charge < -0.3 is 10.2 Å². The molecule has 90 valence electrons. The van der Waals surface area contributed by atoms with Crippen LogP contribution in [0.15, 0.2) is 0 Å². The smallest absolute Gasteiger partial charge is 0.222 e. The number of carbonyl (C=O) groups is 1. The van der Waals surface area contributed by atoms with Crippen LogP contribution in [-0.4, -0.2) is 61.0 Å². The molecule has 1 amide bonds. The Morgan fingerprint density at radius 2 is 1.81 bits per heavy atom. The van der Waals surface area contributed by atoms with Crippen LogP contribution < -0.4 is 5.32 Å². The Bertz CT molecular complexity index is 265. The van der Waals surface area contributed by atoms with Crippen LogP contribution in [0.2, 0.25) is 0 Å². The van der Waals surface area contributed by atoms with Crippen LogP contribution in [0.4, 0.5) is 0 Å². The first-order chi connectivity index (χ1) is 7.83. The normalized spacial score (nSPS) is 27.9. The number of amides is 1. The molecule has 0 aromatic rings. The predicted molar refractivity (Wildman–Crippen MR) is 62.2 cm³/mol. The van der Waals surface area contributed by atoms with E-state index < -0.39 is 0 Å². The Kier molecular flexibility index (Phi) is 2.86. The molecule has 16 heavy (non-hydrogen) atoms. The molecule has 0 atom stereocenters. The summed E-state index contributed by atoms with van der Waals surface area (Å²) in [6.07, 6.45) is 3.36. The predicted octanol–water partition coefficient (Wildman–Crippen LogP) is -0.0975. The van der Waals surface area contributed by atoms with E-state index in [-0.39, 0.29) is 0 Å². The summed E-state index contributed by atoms with van der Waals surface area (Å²) in [5.41, 5.74) is 0. The second-order valence-corrected chi connectivity index (χ2v) is 5.38. The van der Waals surface area contributed by atoms with Gasteiger partial charge in [0.15, 0.2) is 0 Å². The third-order valence-corrected chi connectivity index (χ3v) is 4.10. The zero-order valence-electron chi connectivity index (χ0n) is 9.82. The Morgan fingerprint density at radius 1 is 1.12 bits per heavy atom. The lowest BCUT2D eigenvalue weighted by Gasteiger charge is -2.43. The van der Waals surface area contributed by atoms with Crippen molar-refractivity contribution in [3.05, 3.63) is 0 Å².